The van der Waals surface area contributed by atoms with Crippen molar-refractivity contribution in [1.82, 2.24) is 0 Å². The van der Waals surface area contributed by atoms with Crippen molar-refractivity contribution >= 4 is 6.29 Å². The molecule has 5 heteroatoms. The zero-order valence-electron chi connectivity index (χ0n) is 14.1. The Bertz CT molecular complexity index is 484. The molecule has 1 aliphatic carbocycles. The van der Waals surface area contributed by atoms with Gasteiger partial charge >= 0.3 is 0 Å². The highest BCUT2D eigenvalue weighted by Gasteiger charge is 2.26. The molecule has 0 spiro atoms. The van der Waals surface area contributed by atoms with Gasteiger partial charge in [0.1, 0.15) is 6.29 Å². The van der Waals surface area contributed by atoms with E-state index in [4.69, 9.17) is 23.7 Å². The van der Waals surface area contributed by atoms with Crippen LogP contribution in [0, 0.1) is 0 Å². The average Bonchev–Trinajstić information content (AvgIpc) is 2.75. The number of hydrogen-bond donors (Lipinski definition) is 0. The molecule has 1 atom stereocenters. The molecule has 1 aromatic rings. The normalized spacial score (nSPS) is 16.5. The second-order valence-corrected chi connectivity index (χ2v) is 4.92. The molecule has 1 unspecified atom stereocenters. The summed E-state index contributed by atoms with van der Waals surface area (Å²) in [4.78, 5) is 8.81. The number of fused-ring (bicyclic) bond motifs is 1. The smallest absolute Gasteiger partial charge is 0.203 e. The molecule has 0 saturated carbocycles. The van der Waals surface area contributed by atoms with Crippen LogP contribution in [-0.2, 0) is 16.0 Å². The quantitative estimate of drug-likeness (QED) is 0.630. The van der Waals surface area contributed by atoms with Gasteiger partial charge in [-0.2, -0.15) is 0 Å². The lowest BCUT2D eigenvalue weighted by Crippen LogP contribution is -2.06. The molecule has 0 heterocycles. The first-order valence-corrected chi connectivity index (χ1v) is 7.42. The molecular formula is C17H26O5. The summed E-state index contributed by atoms with van der Waals surface area (Å²) in [6.45, 7) is 1.44. The van der Waals surface area contributed by atoms with Gasteiger partial charge in [0.2, 0.25) is 5.75 Å². The fourth-order valence-corrected chi connectivity index (χ4v) is 2.81. The summed E-state index contributed by atoms with van der Waals surface area (Å²) >= 11 is 0. The lowest BCUT2D eigenvalue weighted by Gasteiger charge is -2.21. The van der Waals surface area contributed by atoms with Crippen molar-refractivity contribution in [2.75, 3.05) is 28.4 Å². The SMILES string of the molecule is CC=O.COc1cc2c(c(OC)c1OC)CCCCC2OC. The number of benzene rings is 1. The zero-order valence-corrected chi connectivity index (χ0v) is 14.1. The van der Waals surface area contributed by atoms with Gasteiger partial charge in [0.25, 0.3) is 0 Å². The van der Waals surface area contributed by atoms with Gasteiger partial charge in [-0.25, -0.2) is 0 Å². The fraction of sp³-hybridized carbons (Fsp3) is 0.588. The van der Waals surface area contributed by atoms with Crippen molar-refractivity contribution in [2.24, 2.45) is 0 Å². The summed E-state index contributed by atoms with van der Waals surface area (Å²) in [7, 11) is 6.70. The number of methoxy groups -OCH3 is 4. The third-order valence-electron chi connectivity index (χ3n) is 3.74. The Morgan fingerprint density at radius 3 is 2.18 bits per heavy atom. The molecule has 0 radical (unpaired) electrons. The van der Waals surface area contributed by atoms with Crippen molar-refractivity contribution in [3.8, 4) is 17.2 Å². The average molecular weight is 310 g/mol. The molecule has 0 fully saturated rings. The van der Waals surface area contributed by atoms with Gasteiger partial charge in [-0.15, -0.1) is 0 Å². The highest BCUT2D eigenvalue weighted by atomic mass is 16.5. The molecule has 1 aliphatic rings. The molecule has 22 heavy (non-hydrogen) atoms. The second kappa shape index (κ2) is 9.30. The van der Waals surface area contributed by atoms with E-state index in [0.717, 1.165) is 43.3 Å². The molecule has 2 rings (SSSR count). The summed E-state index contributed by atoms with van der Waals surface area (Å²) in [5.74, 6) is 2.14. The molecule has 0 saturated heterocycles. The Morgan fingerprint density at radius 2 is 1.68 bits per heavy atom. The van der Waals surface area contributed by atoms with E-state index in [9.17, 15) is 0 Å². The maximum absolute atomic E-state index is 8.81. The summed E-state index contributed by atoms with van der Waals surface area (Å²) in [6.07, 6.45) is 5.16. The third kappa shape index (κ3) is 3.91. The third-order valence-corrected chi connectivity index (χ3v) is 3.74. The van der Waals surface area contributed by atoms with E-state index in [1.54, 1.807) is 28.4 Å². The van der Waals surface area contributed by atoms with Crippen LogP contribution in [0.5, 0.6) is 17.2 Å². The Morgan fingerprint density at radius 1 is 1.05 bits per heavy atom. The number of aldehydes is 1. The van der Waals surface area contributed by atoms with Gasteiger partial charge < -0.3 is 23.7 Å². The maximum atomic E-state index is 8.81. The zero-order chi connectivity index (χ0) is 16.5. The Balaban J connectivity index is 0.000000745. The van der Waals surface area contributed by atoms with E-state index in [2.05, 4.69) is 0 Å². The minimum Gasteiger partial charge on any atom is -0.493 e. The van der Waals surface area contributed by atoms with Gasteiger partial charge in [-0.05, 0) is 37.8 Å². The van der Waals surface area contributed by atoms with Gasteiger partial charge in [-0.3, -0.25) is 0 Å². The largest absolute Gasteiger partial charge is 0.493 e. The molecule has 1 aromatic carbocycles. The van der Waals surface area contributed by atoms with Crippen LogP contribution in [0.15, 0.2) is 6.07 Å². The van der Waals surface area contributed by atoms with Gasteiger partial charge in [-0.1, -0.05) is 6.42 Å². The van der Waals surface area contributed by atoms with Crippen molar-refractivity contribution in [1.29, 1.82) is 0 Å². The fourth-order valence-electron chi connectivity index (χ4n) is 2.81. The first-order valence-electron chi connectivity index (χ1n) is 7.42. The summed E-state index contributed by atoms with van der Waals surface area (Å²) in [5, 5.41) is 0. The minimum atomic E-state index is 0.103. The molecule has 0 bridgehead atoms. The molecular weight excluding hydrogens is 284 g/mol. The Kier molecular flexibility index (Phi) is 7.74. The number of carbonyl (C=O) groups excluding carboxylic acids is 1. The lowest BCUT2D eigenvalue weighted by molar-refractivity contribution is -0.106. The summed E-state index contributed by atoms with van der Waals surface area (Å²) in [6, 6.07) is 2.02. The van der Waals surface area contributed by atoms with Crippen LogP contribution in [0.2, 0.25) is 0 Å². The predicted octanol–water partition coefficient (Wildman–Crippen LogP) is 3.33. The lowest BCUT2D eigenvalue weighted by atomic mass is 9.98. The number of ether oxygens (including phenoxy) is 4. The minimum absolute atomic E-state index is 0.103. The second-order valence-electron chi connectivity index (χ2n) is 4.92. The van der Waals surface area contributed by atoms with Crippen LogP contribution < -0.4 is 14.2 Å². The van der Waals surface area contributed by atoms with E-state index in [-0.39, 0.29) is 6.10 Å². The Hall–Kier alpha value is -1.75. The van der Waals surface area contributed by atoms with Crippen molar-refractivity contribution < 1.29 is 23.7 Å². The van der Waals surface area contributed by atoms with Crippen LogP contribution in [0.4, 0.5) is 0 Å². The topological polar surface area (TPSA) is 54.0 Å². The standard InChI is InChI=1S/C15H22O4.C2H4O/c1-16-12-8-6-5-7-10-11(12)9-13(17-2)15(19-4)14(10)18-3;1-2-3/h9,12H,5-8H2,1-4H3;2H,1H3. The van der Waals surface area contributed by atoms with Crippen LogP contribution in [0.3, 0.4) is 0 Å². The predicted molar refractivity (Wildman–Crippen MR) is 85.1 cm³/mol. The number of carbonyl (C=O) groups is 1. The number of hydrogen-bond acceptors (Lipinski definition) is 5. The summed E-state index contributed by atoms with van der Waals surface area (Å²) in [5.41, 5.74) is 2.35. The van der Waals surface area contributed by atoms with E-state index in [1.807, 2.05) is 6.07 Å². The van der Waals surface area contributed by atoms with Crippen LogP contribution >= 0.6 is 0 Å². The molecule has 5 nitrogen and oxygen atoms in total. The van der Waals surface area contributed by atoms with Crippen molar-refractivity contribution in [2.45, 2.75) is 38.7 Å². The molecule has 0 aliphatic heterocycles. The van der Waals surface area contributed by atoms with Gasteiger partial charge in [0.15, 0.2) is 11.5 Å². The van der Waals surface area contributed by atoms with Crippen molar-refractivity contribution in [3.63, 3.8) is 0 Å². The molecule has 0 aromatic heterocycles. The van der Waals surface area contributed by atoms with E-state index in [0.29, 0.717) is 11.5 Å². The van der Waals surface area contributed by atoms with Crippen LogP contribution in [0.1, 0.15) is 43.4 Å². The van der Waals surface area contributed by atoms with E-state index >= 15 is 0 Å². The van der Waals surface area contributed by atoms with Gasteiger partial charge in [0, 0.05) is 12.7 Å². The van der Waals surface area contributed by atoms with Crippen LogP contribution in [-0.4, -0.2) is 34.7 Å². The van der Waals surface area contributed by atoms with Crippen LogP contribution in [0.25, 0.3) is 0 Å². The van der Waals surface area contributed by atoms with E-state index in [1.165, 1.54) is 12.5 Å². The molecule has 0 amide bonds. The first-order chi connectivity index (χ1) is 10.7. The first kappa shape index (κ1) is 18.3. The van der Waals surface area contributed by atoms with E-state index < -0.39 is 0 Å². The van der Waals surface area contributed by atoms with Crippen molar-refractivity contribution in [3.05, 3.63) is 17.2 Å². The summed E-state index contributed by atoms with van der Waals surface area (Å²) < 4.78 is 22.0. The Labute approximate surface area is 132 Å². The van der Waals surface area contributed by atoms with Gasteiger partial charge in [0.05, 0.1) is 27.4 Å². The highest BCUT2D eigenvalue weighted by Crippen LogP contribution is 2.46. The maximum Gasteiger partial charge on any atom is 0.203 e. The highest BCUT2D eigenvalue weighted by molar-refractivity contribution is 5.60. The molecule has 124 valence electrons. The monoisotopic (exact) mass is 310 g/mol. The molecule has 0 N–H and O–H groups in total. The number of rotatable bonds is 4.